The number of aliphatic imine (C=N–C) groups is 1. The molecule has 8 heteroatoms. The van der Waals surface area contributed by atoms with Gasteiger partial charge in [0.2, 0.25) is 5.91 Å². The highest BCUT2D eigenvalue weighted by atomic mass is 127. The maximum Gasteiger partial charge on any atom is 0.239 e. The van der Waals surface area contributed by atoms with Gasteiger partial charge in [-0.1, -0.05) is 30.3 Å². The molecular weight excluding hydrogens is 471 g/mol. The van der Waals surface area contributed by atoms with Crippen LogP contribution in [0, 0.1) is 0 Å². The van der Waals surface area contributed by atoms with Crippen molar-refractivity contribution in [2.45, 2.75) is 26.0 Å². The summed E-state index contributed by atoms with van der Waals surface area (Å²) in [5.41, 5.74) is 1.17. The highest BCUT2D eigenvalue weighted by Crippen LogP contribution is 2.15. The maximum atomic E-state index is 11.8. The summed E-state index contributed by atoms with van der Waals surface area (Å²) in [5.74, 6) is 1.17. The molecular formula is C20H29IN4O3. The molecule has 1 amide bonds. The van der Waals surface area contributed by atoms with Gasteiger partial charge < -0.3 is 25.1 Å². The highest BCUT2D eigenvalue weighted by Gasteiger charge is 2.06. The lowest BCUT2D eigenvalue weighted by molar-refractivity contribution is -0.120. The third kappa shape index (κ3) is 9.23. The minimum atomic E-state index is -0.130. The summed E-state index contributed by atoms with van der Waals surface area (Å²) in [5, 5.41) is 8.92. The molecule has 0 bridgehead atoms. The number of rotatable bonds is 10. The lowest BCUT2D eigenvalue weighted by Crippen LogP contribution is -2.43. The molecule has 2 aromatic rings. The number of carbonyl (C=O) groups is 1. The Morgan fingerprint density at radius 3 is 2.61 bits per heavy atom. The topological polar surface area (TPSA) is 87.9 Å². The Labute approximate surface area is 183 Å². The van der Waals surface area contributed by atoms with Gasteiger partial charge in [-0.15, -0.1) is 24.0 Å². The van der Waals surface area contributed by atoms with Crippen LogP contribution in [0.3, 0.4) is 0 Å². The average Bonchev–Trinajstić information content (AvgIpc) is 3.22. The molecule has 0 saturated carbocycles. The molecule has 154 valence electrons. The molecule has 1 atom stereocenters. The number of carbonyl (C=O) groups excluding carboxylic acids is 1. The Morgan fingerprint density at radius 1 is 1.14 bits per heavy atom. The van der Waals surface area contributed by atoms with Crippen LogP contribution < -0.4 is 16.0 Å². The Balaban J connectivity index is 0.00000392. The molecule has 1 aromatic carbocycles. The van der Waals surface area contributed by atoms with Gasteiger partial charge in [0.25, 0.3) is 0 Å². The van der Waals surface area contributed by atoms with E-state index in [1.54, 1.807) is 19.4 Å². The van der Waals surface area contributed by atoms with E-state index in [1.807, 2.05) is 31.2 Å². The number of furan rings is 1. The van der Waals surface area contributed by atoms with Crippen molar-refractivity contribution in [3.8, 4) is 0 Å². The zero-order chi connectivity index (χ0) is 19.3. The third-order valence-corrected chi connectivity index (χ3v) is 3.93. The second-order valence-electron chi connectivity index (χ2n) is 5.99. The predicted molar refractivity (Wildman–Crippen MR) is 121 cm³/mol. The van der Waals surface area contributed by atoms with E-state index in [2.05, 4.69) is 33.1 Å². The molecule has 0 aliphatic rings. The molecule has 7 nitrogen and oxygen atoms in total. The first kappa shape index (κ1) is 24.0. The van der Waals surface area contributed by atoms with Crippen LogP contribution >= 0.6 is 24.0 Å². The second kappa shape index (κ2) is 14.0. The summed E-state index contributed by atoms with van der Waals surface area (Å²) in [4.78, 5) is 15.9. The van der Waals surface area contributed by atoms with E-state index in [0.29, 0.717) is 25.7 Å². The molecule has 1 aromatic heterocycles. The van der Waals surface area contributed by atoms with Gasteiger partial charge in [0.05, 0.1) is 25.5 Å². The minimum absolute atomic E-state index is 0. The van der Waals surface area contributed by atoms with Gasteiger partial charge in [-0.3, -0.25) is 9.79 Å². The van der Waals surface area contributed by atoms with Gasteiger partial charge in [0, 0.05) is 20.2 Å². The fourth-order valence-electron chi connectivity index (χ4n) is 2.41. The predicted octanol–water partition coefficient (Wildman–Crippen LogP) is 2.85. The molecule has 0 saturated heterocycles. The molecule has 28 heavy (non-hydrogen) atoms. The zero-order valence-corrected chi connectivity index (χ0v) is 18.6. The van der Waals surface area contributed by atoms with E-state index in [1.165, 1.54) is 5.56 Å². The van der Waals surface area contributed by atoms with Crippen LogP contribution in [0.1, 0.15) is 30.8 Å². The first-order valence-electron chi connectivity index (χ1n) is 9.09. The molecule has 2 rings (SSSR count). The number of guanidine groups is 1. The zero-order valence-electron chi connectivity index (χ0n) is 16.3. The smallest absolute Gasteiger partial charge is 0.239 e. The van der Waals surface area contributed by atoms with Crippen molar-refractivity contribution in [2.24, 2.45) is 4.99 Å². The Kier molecular flexibility index (Phi) is 12.0. The van der Waals surface area contributed by atoms with Crippen molar-refractivity contribution in [3.05, 3.63) is 60.1 Å². The molecule has 0 spiro atoms. The number of nitrogens with zero attached hydrogens (tertiary/aromatic N) is 1. The van der Waals surface area contributed by atoms with Crippen LogP contribution in [0.25, 0.3) is 0 Å². The standard InChI is InChI=1S/C20H28N4O3.HI/c1-16(17-8-4-3-5-9-17)26-13-7-11-22-20(21-2)24-15-19(25)23-14-18-10-6-12-27-18;/h3-6,8-10,12,16H,7,11,13-15H2,1-2H3,(H,23,25)(H2,21,22,24);1H. The molecule has 3 N–H and O–H groups in total. The first-order chi connectivity index (χ1) is 13.2. The van der Waals surface area contributed by atoms with E-state index in [9.17, 15) is 4.79 Å². The molecule has 0 aliphatic carbocycles. The van der Waals surface area contributed by atoms with Crippen LogP contribution in [0.5, 0.6) is 0 Å². The number of ether oxygens (including phenoxy) is 1. The molecule has 1 unspecified atom stereocenters. The number of nitrogens with one attached hydrogen (secondary N) is 3. The Hall–Kier alpha value is -2.07. The summed E-state index contributed by atoms with van der Waals surface area (Å²) < 4.78 is 11.0. The van der Waals surface area contributed by atoms with Gasteiger partial charge in [-0.05, 0) is 31.0 Å². The Bertz CT molecular complexity index is 693. The minimum Gasteiger partial charge on any atom is -0.467 e. The second-order valence-corrected chi connectivity index (χ2v) is 5.99. The fraction of sp³-hybridized carbons (Fsp3) is 0.400. The number of benzene rings is 1. The summed E-state index contributed by atoms with van der Waals surface area (Å²) in [6.07, 6.45) is 2.49. The molecule has 0 aliphatic heterocycles. The number of hydrogen-bond donors (Lipinski definition) is 3. The maximum absolute atomic E-state index is 11.8. The quantitative estimate of drug-likeness (QED) is 0.202. The van der Waals surface area contributed by atoms with Gasteiger partial charge in [-0.2, -0.15) is 0 Å². The monoisotopic (exact) mass is 500 g/mol. The lowest BCUT2D eigenvalue weighted by atomic mass is 10.1. The molecule has 0 fully saturated rings. The fourth-order valence-corrected chi connectivity index (χ4v) is 2.41. The average molecular weight is 500 g/mol. The van der Waals surface area contributed by atoms with Crippen molar-refractivity contribution in [2.75, 3.05) is 26.7 Å². The van der Waals surface area contributed by atoms with Crippen LogP contribution in [-0.4, -0.2) is 38.6 Å². The van der Waals surface area contributed by atoms with Crippen LogP contribution in [-0.2, 0) is 16.1 Å². The van der Waals surface area contributed by atoms with Gasteiger partial charge >= 0.3 is 0 Å². The van der Waals surface area contributed by atoms with Crippen molar-refractivity contribution in [1.82, 2.24) is 16.0 Å². The first-order valence-corrected chi connectivity index (χ1v) is 9.09. The van der Waals surface area contributed by atoms with Crippen molar-refractivity contribution in [3.63, 3.8) is 0 Å². The number of halogens is 1. The lowest BCUT2D eigenvalue weighted by Gasteiger charge is -2.14. The van der Waals surface area contributed by atoms with E-state index in [4.69, 9.17) is 9.15 Å². The summed E-state index contributed by atoms with van der Waals surface area (Å²) in [6, 6.07) is 13.7. The summed E-state index contributed by atoms with van der Waals surface area (Å²) in [7, 11) is 1.67. The van der Waals surface area contributed by atoms with E-state index < -0.39 is 0 Å². The van der Waals surface area contributed by atoms with E-state index in [0.717, 1.165) is 12.2 Å². The number of hydrogen-bond acceptors (Lipinski definition) is 4. The van der Waals surface area contributed by atoms with Crippen LogP contribution in [0.4, 0.5) is 0 Å². The molecule has 0 radical (unpaired) electrons. The van der Waals surface area contributed by atoms with Crippen molar-refractivity contribution >= 4 is 35.8 Å². The highest BCUT2D eigenvalue weighted by molar-refractivity contribution is 14.0. The SMILES string of the molecule is CN=C(NCCCOC(C)c1ccccc1)NCC(=O)NCc1ccco1.I. The van der Waals surface area contributed by atoms with Gasteiger partial charge in [0.1, 0.15) is 5.76 Å². The summed E-state index contributed by atoms with van der Waals surface area (Å²) in [6.45, 7) is 3.90. The van der Waals surface area contributed by atoms with E-state index in [-0.39, 0.29) is 42.5 Å². The Morgan fingerprint density at radius 2 is 1.93 bits per heavy atom. The van der Waals surface area contributed by atoms with Crippen LogP contribution in [0.2, 0.25) is 0 Å². The van der Waals surface area contributed by atoms with E-state index >= 15 is 0 Å². The van der Waals surface area contributed by atoms with Gasteiger partial charge in [-0.25, -0.2) is 0 Å². The third-order valence-electron chi connectivity index (χ3n) is 3.93. The van der Waals surface area contributed by atoms with Gasteiger partial charge in [0.15, 0.2) is 5.96 Å². The molecule has 1 heterocycles. The number of amides is 1. The normalized spacial score (nSPS) is 12.0. The van der Waals surface area contributed by atoms with Crippen LogP contribution in [0.15, 0.2) is 58.1 Å². The summed E-state index contributed by atoms with van der Waals surface area (Å²) >= 11 is 0. The largest absolute Gasteiger partial charge is 0.467 e. The van der Waals surface area contributed by atoms with Crippen molar-refractivity contribution in [1.29, 1.82) is 0 Å². The van der Waals surface area contributed by atoms with Crippen molar-refractivity contribution < 1.29 is 13.9 Å².